The quantitative estimate of drug-likeness (QED) is 0.789. The third-order valence-corrected chi connectivity index (χ3v) is 4.16. The third kappa shape index (κ3) is 4.14. The molecule has 0 bridgehead atoms. The monoisotopic (exact) mass is 354 g/mol. The summed E-state index contributed by atoms with van der Waals surface area (Å²) >= 11 is 6.07. The number of amides is 1. The van der Waals surface area contributed by atoms with E-state index in [1.807, 2.05) is 24.3 Å². The van der Waals surface area contributed by atoms with Crippen molar-refractivity contribution in [3.8, 4) is 11.9 Å². The summed E-state index contributed by atoms with van der Waals surface area (Å²) in [5, 5.41) is 9.61. The highest BCUT2D eigenvalue weighted by Crippen LogP contribution is 2.20. The molecule has 2 aromatic rings. The second-order valence-corrected chi connectivity index (χ2v) is 5.90. The Bertz CT molecular complexity index is 847. The summed E-state index contributed by atoms with van der Waals surface area (Å²) in [6, 6.07) is 9.27. The van der Waals surface area contributed by atoms with Crippen molar-refractivity contribution in [2.75, 3.05) is 13.1 Å². The molecule has 1 fully saturated rings. The number of likely N-dealkylation sites (tertiary alicyclic amines) is 1. The van der Waals surface area contributed by atoms with Gasteiger partial charge in [-0.15, -0.1) is 0 Å². The van der Waals surface area contributed by atoms with Crippen molar-refractivity contribution < 1.29 is 9.53 Å². The van der Waals surface area contributed by atoms with Gasteiger partial charge in [-0.3, -0.25) is 4.79 Å². The number of nitriles is 1. The molecule has 25 heavy (non-hydrogen) atoms. The predicted octanol–water partition coefficient (Wildman–Crippen LogP) is 2.69. The number of nitrogens with zero attached hydrogens (tertiary/aromatic N) is 4. The number of ether oxygens (including phenoxy) is 1. The van der Waals surface area contributed by atoms with Crippen LogP contribution in [-0.2, 0) is 4.79 Å². The molecule has 0 N–H and O–H groups in total. The van der Waals surface area contributed by atoms with Crippen LogP contribution in [0.5, 0.6) is 5.88 Å². The van der Waals surface area contributed by atoms with Crippen LogP contribution in [0.3, 0.4) is 0 Å². The lowest BCUT2D eigenvalue weighted by Crippen LogP contribution is -2.29. The van der Waals surface area contributed by atoms with Gasteiger partial charge >= 0.3 is 0 Å². The van der Waals surface area contributed by atoms with E-state index in [9.17, 15) is 4.79 Å². The van der Waals surface area contributed by atoms with E-state index < -0.39 is 0 Å². The lowest BCUT2D eigenvalue weighted by molar-refractivity contribution is -0.125. The summed E-state index contributed by atoms with van der Waals surface area (Å²) in [6.07, 6.45) is 6.59. The molecule has 3 rings (SSSR count). The van der Waals surface area contributed by atoms with E-state index in [1.165, 1.54) is 18.5 Å². The van der Waals surface area contributed by atoms with Gasteiger partial charge in [0.15, 0.2) is 0 Å². The molecule has 1 aromatic heterocycles. The van der Waals surface area contributed by atoms with Crippen molar-refractivity contribution in [2.45, 2.75) is 12.5 Å². The molecule has 1 aliphatic rings. The van der Waals surface area contributed by atoms with Crippen LogP contribution < -0.4 is 4.74 Å². The zero-order chi connectivity index (χ0) is 17.6. The van der Waals surface area contributed by atoms with Crippen LogP contribution in [0, 0.1) is 11.3 Å². The average Bonchev–Trinajstić information content (AvgIpc) is 3.10. The fraction of sp³-hybridized carbons (Fsp3) is 0.222. The maximum Gasteiger partial charge on any atom is 0.251 e. The van der Waals surface area contributed by atoms with Crippen molar-refractivity contribution >= 4 is 23.6 Å². The van der Waals surface area contributed by atoms with Gasteiger partial charge in [-0.05, 0) is 17.7 Å². The van der Waals surface area contributed by atoms with Crippen LogP contribution in [0.15, 0.2) is 42.7 Å². The van der Waals surface area contributed by atoms with Crippen LogP contribution >= 0.6 is 11.6 Å². The second-order valence-electron chi connectivity index (χ2n) is 5.49. The lowest BCUT2D eigenvalue weighted by Gasteiger charge is -2.15. The first-order valence-corrected chi connectivity index (χ1v) is 8.14. The fourth-order valence-electron chi connectivity index (χ4n) is 2.55. The topological polar surface area (TPSA) is 79.1 Å². The minimum absolute atomic E-state index is 0.106. The number of hydrogen-bond acceptors (Lipinski definition) is 5. The van der Waals surface area contributed by atoms with Crippen LogP contribution in [0.4, 0.5) is 0 Å². The number of aromatic nitrogens is 2. The second kappa shape index (κ2) is 7.77. The zero-order valence-corrected chi connectivity index (χ0v) is 14.1. The Kier molecular flexibility index (Phi) is 5.26. The molecule has 6 nitrogen and oxygen atoms in total. The van der Waals surface area contributed by atoms with Gasteiger partial charge < -0.3 is 9.64 Å². The van der Waals surface area contributed by atoms with Crippen LogP contribution in [0.1, 0.15) is 17.7 Å². The Morgan fingerprint density at radius 1 is 1.36 bits per heavy atom. The molecule has 1 atom stereocenters. The normalized spacial score (nSPS) is 16.8. The van der Waals surface area contributed by atoms with Crippen LogP contribution in [-0.4, -0.2) is 40.0 Å². The number of benzene rings is 1. The molecule has 1 amide bonds. The lowest BCUT2D eigenvalue weighted by atomic mass is 10.2. The summed E-state index contributed by atoms with van der Waals surface area (Å²) in [5.41, 5.74) is 0.939. The minimum atomic E-state index is -0.207. The summed E-state index contributed by atoms with van der Waals surface area (Å²) in [4.78, 5) is 21.9. The van der Waals surface area contributed by atoms with Gasteiger partial charge in [0.25, 0.3) is 5.88 Å². The first kappa shape index (κ1) is 16.9. The molecular weight excluding hydrogens is 340 g/mol. The van der Waals surface area contributed by atoms with Crippen molar-refractivity contribution in [3.63, 3.8) is 0 Å². The summed E-state index contributed by atoms with van der Waals surface area (Å²) in [7, 11) is 0. The van der Waals surface area contributed by atoms with Gasteiger partial charge in [0.05, 0.1) is 6.54 Å². The number of carbonyl (C=O) groups is 1. The van der Waals surface area contributed by atoms with Crippen molar-refractivity contribution in [1.29, 1.82) is 5.26 Å². The molecule has 2 heterocycles. The predicted molar refractivity (Wildman–Crippen MR) is 92.8 cm³/mol. The van der Waals surface area contributed by atoms with Gasteiger partial charge in [-0.25, -0.2) is 9.97 Å². The van der Waals surface area contributed by atoms with E-state index in [4.69, 9.17) is 21.6 Å². The largest absolute Gasteiger partial charge is 0.470 e. The Morgan fingerprint density at radius 3 is 2.96 bits per heavy atom. The standard InChI is InChI=1S/C18H15ClN4O2/c19-15-4-2-1-3-13(15)5-6-17(24)23-10-7-14(12-23)25-18-16(11-20)21-8-9-22-18/h1-6,8-9,14H,7,10,12H2/b6-5+/t14-/m1/s1. The molecule has 0 spiro atoms. The number of halogens is 1. The van der Waals surface area contributed by atoms with E-state index in [1.54, 1.807) is 17.0 Å². The van der Waals surface area contributed by atoms with Gasteiger partial charge in [0, 0.05) is 36.5 Å². The maximum absolute atomic E-state index is 12.3. The zero-order valence-electron chi connectivity index (χ0n) is 13.3. The van der Waals surface area contributed by atoms with E-state index in [-0.39, 0.29) is 23.6 Å². The summed E-state index contributed by atoms with van der Waals surface area (Å²) < 4.78 is 5.72. The molecule has 1 aliphatic heterocycles. The highest BCUT2D eigenvalue weighted by molar-refractivity contribution is 6.32. The molecule has 1 aromatic carbocycles. The molecular formula is C18H15ClN4O2. The first-order valence-electron chi connectivity index (χ1n) is 7.76. The maximum atomic E-state index is 12.3. The Hall–Kier alpha value is -2.91. The van der Waals surface area contributed by atoms with Gasteiger partial charge in [0.1, 0.15) is 12.2 Å². The molecule has 0 radical (unpaired) electrons. The summed E-state index contributed by atoms with van der Waals surface area (Å²) in [6.45, 7) is 1.02. The van der Waals surface area contributed by atoms with Gasteiger partial charge in [-0.1, -0.05) is 29.8 Å². The van der Waals surface area contributed by atoms with Crippen LogP contribution in [0.2, 0.25) is 5.02 Å². The highest BCUT2D eigenvalue weighted by atomic mass is 35.5. The van der Waals surface area contributed by atoms with E-state index >= 15 is 0 Å². The molecule has 0 unspecified atom stereocenters. The summed E-state index contributed by atoms with van der Waals surface area (Å²) in [5.74, 6) is 0.0987. The van der Waals surface area contributed by atoms with Gasteiger partial charge in [-0.2, -0.15) is 5.26 Å². The smallest absolute Gasteiger partial charge is 0.251 e. The highest BCUT2D eigenvalue weighted by Gasteiger charge is 2.27. The Balaban J connectivity index is 1.60. The van der Waals surface area contributed by atoms with E-state index in [2.05, 4.69) is 9.97 Å². The van der Waals surface area contributed by atoms with E-state index in [0.29, 0.717) is 24.5 Å². The molecule has 126 valence electrons. The molecule has 0 saturated carbocycles. The Morgan fingerprint density at radius 2 is 2.16 bits per heavy atom. The van der Waals surface area contributed by atoms with Crippen molar-refractivity contribution in [2.24, 2.45) is 0 Å². The fourth-order valence-corrected chi connectivity index (χ4v) is 2.75. The third-order valence-electron chi connectivity index (χ3n) is 3.82. The number of carbonyl (C=O) groups excluding carboxylic acids is 1. The van der Waals surface area contributed by atoms with E-state index in [0.717, 1.165) is 5.56 Å². The Labute approximate surface area is 150 Å². The van der Waals surface area contributed by atoms with Gasteiger partial charge in [0.2, 0.25) is 11.6 Å². The molecule has 0 aliphatic carbocycles. The number of hydrogen-bond donors (Lipinski definition) is 0. The SMILES string of the molecule is N#Cc1nccnc1O[C@@H]1CCN(C(=O)/C=C/c2ccccc2Cl)C1. The minimum Gasteiger partial charge on any atom is -0.470 e. The average molecular weight is 355 g/mol. The molecule has 7 heteroatoms. The number of rotatable bonds is 4. The van der Waals surface area contributed by atoms with Crippen LogP contribution in [0.25, 0.3) is 6.08 Å². The first-order chi connectivity index (χ1) is 12.2. The molecule has 1 saturated heterocycles. The van der Waals surface area contributed by atoms with Crippen molar-refractivity contribution in [1.82, 2.24) is 14.9 Å². The van der Waals surface area contributed by atoms with Crippen molar-refractivity contribution in [3.05, 3.63) is 59.0 Å².